The van der Waals surface area contributed by atoms with Crippen molar-refractivity contribution in [1.29, 1.82) is 0 Å². The second kappa shape index (κ2) is 6.71. The Kier molecular flexibility index (Phi) is 5.90. The van der Waals surface area contributed by atoms with Crippen LogP contribution in [0.4, 0.5) is 0 Å². The average molecular weight is 315 g/mol. The van der Waals surface area contributed by atoms with Crippen molar-refractivity contribution in [3.63, 3.8) is 0 Å². The van der Waals surface area contributed by atoms with E-state index >= 15 is 0 Å². The standard InChI is InChI=1S/C14H23BrOSi/c1-14(2,17(3)4)11-16-9-8-12-6-5-7-13(15)10-12/h5-7,10,17H,8-9,11H2,1-4H3. The number of halogens is 1. The molecule has 0 atom stereocenters. The molecule has 0 unspecified atom stereocenters. The molecule has 0 bridgehead atoms. The van der Waals surface area contributed by atoms with Gasteiger partial charge >= 0.3 is 0 Å². The van der Waals surface area contributed by atoms with Crippen molar-refractivity contribution in [2.45, 2.75) is 38.4 Å². The Morgan fingerprint density at radius 3 is 2.59 bits per heavy atom. The predicted molar refractivity (Wildman–Crippen MR) is 81.6 cm³/mol. The molecule has 0 spiro atoms. The minimum Gasteiger partial charge on any atom is -0.381 e. The highest BCUT2D eigenvalue weighted by atomic mass is 79.9. The Balaban J connectivity index is 2.29. The van der Waals surface area contributed by atoms with E-state index in [2.05, 4.69) is 67.1 Å². The second-order valence-electron chi connectivity index (χ2n) is 5.58. The highest BCUT2D eigenvalue weighted by Crippen LogP contribution is 2.28. The Labute approximate surface area is 115 Å². The van der Waals surface area contributed by atoms with E-state index in [1.54, 1.807) is 0 Å². The number of hydrogen-bond acceptors (Lipinski definition) is 1. The third kappa shape index (κ3) is 5.36. The largest absolute Gasteiger partial charge is 0.381 e. The third-order valence-electron chi connectivity index (χ3n) is 3.46. The number of benzene rings is 1. The lowest BCUT2D eigenvalue weighted by Crippen LogP contribution is -2.26. The van der Waals surface area contributed by atoms with Gasteiger partial charge in [-0.3, -0.25) is 0 Å². The monoisotopic (exact) mass is 314 g/mol. The average Bonchev–Trinajstić information content (AvgIpc) is 2.24. The van der Waals surface area contributed by atoms with E-state index in [9.17, 15) is 0 Å². The van der Waals surface area contributed by atoms with E-state index in [-0.39, 0.29) is 0 Å². The van der Waals surface area contributed by atoms with Gasteiger partial charge in [-0.15, -0.1) is 0 Å². The summed E-state index contributed by atoms with van der Waals surface area (Å²) < 4.78 is 6.97. The molecule has 0 aliphatic carbocycles. The van der Waals surface area contributed by atoms with Crippen LogP contribution in [0.3, 0.4) is 0 Å². The maximum atomic E-state index is 5.82. The van der Waals surface area contributed by atoms with Crippen molar-refractivity contribution >= 4 is 24.7 Å². The van der Waals surface area contributed by atoms with Crippen LogP contribution in [0, 0.1) is 0 Å². The molecule has 17 heavy (non-hydrogen) atoms. The summed E-state index contributed by atoms with van der Waals surface area (Å²) in [6, 6.07) is 8.43. The first-order valence-corrected chi connectivity index (χ1v) is 9.92. The van der Waals surface area contributed by atoms with Gasteiger partial charge in [0.1, 0.15) is 0 Å². The van der Waals surface area contributed by atoms with Crippen molar-refractivity contribution in [1.82, 2.24) is 0 Å². The predicted octanol–water partition coefficient (Wildman–Crippen LogP) is 4.28. The molecule has 0 aliphatic heterocycles. The first-order chi connectivity index (χ1) is 7.92. The normalized spacial score (nSPS) is 12.1. The maximum Gasteiger partial charge on any atom is 0.0506 e. The number of rotatable bonds is 6. The molecule has 0 N–H and O–H groups in total. The van der Waals surface area contributed by atoms with Gasteiger partial charge in [-0.2, -0.15) is 0 Å². The molecule has 0 radical (unpaired) electrons. The Bertz CT molecular complexity index is 350. The Morgan fingerprint density at radius 2 is 2.00 bits per heavy atom. The van der Waals surface area contributed by atoms with Crippen LogP contribution >= 0.6 is 15.9 Å². The molecule has 0 aromatic heterocycles. The molecule has 0 saturated heterocycles. The van der Waals surface area contributed by atoms with Crippen LogP contribution in [-0.2, 0) is 11.2 Å². The van der Waals surface area contributed by atoms with Gasteiger partial charge in [0.25, 0.3) is 0 Å². The van der Waals surface area contributed by atoms with Crippen LogP contribution in [0.15, 0.2) is 28.7 Å². The van der Waals surface area contributed by atoms with Gasteiger partial charge < -0.3 is 4.74 Å². The summed E-state index contributed by atoms with van der Waals surface area (Å²) >= 11 is 3.49. The van der Waals surface area contributed by atoms with Gasteiger partial charge in [-0.05, 0) is 29.2 Å². The molecule has 96 valence electrons. The summed E-state index contributed by atoms with van der Waals surface area (Å²) in [5.41, 5.74) is 1.33. The van der Waals surface area contributed by atoms with Gasteiger partial charge in [-0.1, -0.05) is 55.0 Å². The van der Waals surface area contributed by atoms with Crippen molar-refractivity contribution in [2.24, 2.45) is 0 Å². The van der Waals surface area contributed by atoms with E-state index in [0.29, 0.717) is 5.04 Å². The SMILES string of the molecule is C[SiH](C)C(C)(C)COCCc1cccc(Br)c1. The van der Waals surface area contributed by atoms with Crippen LogP contribution in [0.5, 0.6) is 0 Å². The number of ether oxygens (including phenoxy) is 1. The minimum absolute atomic E-state index is 0.400. The smallest absolute Gasteiger partial charge is 0.0506 e. The van der Waals surface area contributed by atoms with Crippen LogP contribution < -0.4 is 0 Å². The third-order valence-corrected chi connectivity index (χ3v) is 7.25. The van der Waals surface area contributed by atoms with Crippen molar-refractivity contribution in [3.05, 3.63) is 34.3 Å². The first kappa shape index (κ1) is 14.9. The summed E-state index contributed by atoms with van der Waals surface area (Å²) in [5.74, 6) is 0. The van der Waals surface area contributed by atoms with Crippen LogP contribution in [0.1, 0.15) is 19.4 Å². The lowest BCUT2D eigenvalue weighted by molar-refractivity contribution is 0.116. The van der Waals surface area contributed by atoms with Gasteiger partial charge in [-0.25, -0.2) is 0 Å². The minimum atomic E-state index is -0.637. The molecule has 0 aliphatic rings. The molecular formula is C14H23BrOSi. The highest BCUT2D eigenvalue weighted by Gasteiger charge is 2.23. The van der Waals surface area contributed by atoms with E-state index in [1.165, 1.54) is 5.56 Å². The highest BCUT2D eigenvalue weighted by molar-refractivity contribution is 9.10. The summed E-state index contributed by atoms with van der Waals surface area (Å²) in [4.78, 5) is 0. The molecule has 1 rings (SSSR count). The van der Waals surface area contributed by atoms with Gasteiger partial charge in [0.2, 0.25) is 0 Å². The first-order valence-electron chi connectivity index (χ1n) is 6.24. The maximum absolute atomic E-state index is 5.82. The molecule has 0 saturated carbocycles. The van der Waals surface area contributed by atoms with Gasteiger partial charge in [0.05, 0.1) is 6.61 Å². The topological polar surface area (TPSA) is 9.23 Å². The van der Waals surface area contributed by atoms with Crippen molar-refractivity contribution < 1.29 is 4.74 Å². The fourth-order valence-corrected chi connectivity index (χ4v) is 2.28. The van der Waals surface area contributed by atoms with E-state index in [4.69, 9.17) is 4.74 Å². The fourth-order valence-electron chi connectivity index (χ4n) is 1.38. The molecule has 1 nitrogen and oxygen atoms in total. The quantitative estimate of drug-likeness (QED) is 0.562. The van der Waals surface area contributed by atoms with E-state index < -0.39 is 8.80 Å². The zero-order valence-electron chi connectivity index (χ0n) is 11.3. The van der Waals surface area contributed by atoms with Crippen molar-refractivity contribution in [3.8, 4) is 0 Å². The second-order valence-corrected chi connectivity index (χ2v) is 10.4. The number of hydrogen-bond donors (Lipinski definition) is 0. The summed E-state index contributed by atoms with van der Waals surface area (Å²) in [6.07, 6.45) is 0.995. The lowest BCUT2D eigenvalue weighted by Gasteiger charge is -2.27. The Hall–Kier alpha value is -0.123. The zero-order valence-corrected chi connectivity index (χ0v) is 14.0. The van der Waals surface area contributed by atoms with Crippen LogP contribution in [0.2, 0.25) is 18.1 Å². The van der Waals surface area contributed by atoms with E-state index in [0.717, 1.165) is 24.1 Å². The molecule has 3 heteroatoms. The molecule has 0 amide bonds. The zero-order chi connectivity index (χ0) is 12.9. The lowest BCUT2D eigenvalue weighted by atomic mass is 10.2. The summed E-state index contributed by atoms with van der Waals surface area (Å²) in [7, 11) is -0.637. The van der Waals surface area contributed by atoms with Crippen LogP contribution in [0.25, 0.3) is 0 Å². The summed E-state index contributed by atoms with van der Waals surface area (Å²) in [5, 5.41) is 0.400. The summed E-state index contributed by atoms with van der Waals surface area (Å²) in [6.45, 7) is 11.1. The molecule has 0 fully saturated rings. The fraction of sp³-hybridized carbons (Fsp3) is 0.571. The van der Waals surface area contributed by atoms with Gasteiger partial charge in [0.15, 0.2) is 0 Å². The molecule has 1 aromatic rings. The van der Waals surface area contributed by atoms with E-state index in [1.807, 2.05) is 0 Å². The van der Waals surface area contributed by atoms with Crippen molar-refractivity contribution in [2.75, 3.05) is 13.2 Å². The molecular weight excluding hydrogens is 292 g/mol. The van der Waals surface area contributed by atoms with Gasteiger partial charge in [0, 0.05) is 19.9 Å². The Morgan fingerprint density at radius 1 is 1.29 bits per heavy atom. The molecule has 1 aromatic carbocycles. The molecule has 0 heterocycles. The van der Waals surface area contributed by atoms with Crippen LogP contribution in [-0.4, -0.2) is 22.0 Å².